The smallest absolute Gasteiger partial charge is 0.0471 e. The molecule has 0 atom stereocenters. The third kappa shape index (κ3) is 2.21. The molecule has 2 nitrogen and oxygen atoms in total. The Hall–Kier alpha value is -0.860. The van der Waals surface area contributed by atoms with E-state index in [0.717, 1.165) is 19.5 Å². The summed E-state index contributed by atoms with van der Waals surface area (Å²) in [6.45, 7) is 6.85. The van der Waals surface area contributed by atoms with Crippen molar-refractivity contribution >= 4 is 0 Å². The van der Waals surface area contributed by atoms with Crippen LogP contribution < -0.4 is 0 Å². The Morgan fingerprint density at radius 3 is 2.67 bits per heavy atom. The summed E-state index contributed by atoms with van der Waals surface area (Å²) in [4.78, 5) is 2.47. The van der Waals surface area contributed by atoms with Crippen LogP contribution in [0.3, 0.4) is 0 Å². The van der Waals surface area contributed by atoms with Crippen LogP contribution in [0.4, 0.5) is 0 Å². The molecule has 0 spiro atoms. The molecule has 1 aliphatic rings. The van der Waals surface area contributed by atoms with Crippen LogP contribution in [0.1, 0.15) is 30.5 Å². The van der Waals surface area contributed by atoms with Gasteiger partial charge in [-0.1, -0.05) is 18.2 Å². The number of aliphatic hydroxyl groups excluding tert-OH is 1. The third-order valence-corrected chi connectivity index (χ3v) is 3.15. The first-order valence-corrected chi connectivity index (χ1v) is 5.66. The molecule has 0 radical (unpaired) electrons. The second kappa shape index (κ2) is 4.33. The van der Waals surface area contributed by atoms with Crippen LogP contribution in [0.25, 0.3) is 0 Å². The van der Waals surface area contributed by atoms with Gasteiger partial charge >= 0.3 is 0 Å². The molecule has 82 valence electrons. The van der Waals surface area contributed by atoms with Gasteiger partial charge in [0.2, 0.25) is 0 Å². The number of nitrogens with zero attached hydrogens (tertiary/aromatic N) is 1. The van der Waals surface area contributed by atoms with Gasteiger partial charge in [-0.3, -0.25) is 4.90 Å². The molecule has 1 aliphatic heterocycles. The first-order valence-electron chi connectivity index (χ1n) is 5.66. The molecule has 0 unspecified atom stereocenters. The van der Waals surface area contributed by atoms with E-state index in [4.69, 9.17) is 5.11 Å². The van der Waals surface area contributed by atoms with Crippen molar-refractivity contribution in [2.75, 3.05) is 6.61 Å². The molecule has 0 amide bonds. The van der Waals surface area contributed by atoms with Crippen LogP contribution in [0.2, 0.25) is 0 Å². The van der Waals surface area contributed by atoms with Gasteiger partial charge in [-0.15, -0.1) is 0 Å². The fourth-order valence-corrected chi connectivity index (χ4v) is 2.12. The Labute approximate surface area is 91.5 Å². The monoisotopic (exact) mass is 205 g/mol. The van der Waals surface area contributed by atoms with E-state index in [9.17, 15) is 0 Å². The summed E-state index contributed by atoms with van der Waals surface area (Å²) in [5.74, 6) is 0. The van der Waals surface area contributed by atoms with E-state index in [1.54, 1.807) is 0 Å². The highest BCUT2D eigenvalue weighted by Crippen LogP contribution is 2.25. The molecular weight excluding hydrogens is 186 g/mol. The van der Waals surface area contributed by atoms with Crippen molar-refractivity contribution < 1.29 is 5.11 Å². The molecule has 2 heteroatoms. The van der Waals surface area contributed by atoms with Crippen molar-refractivity contribution in [2.24, 2.45) is 0 Å². The molecule has 1 aromatic rings. The van der Waals surface area contributed by atoms with Crippen LogP contribution in [0.5, 0.6) is 0 Å². The fraction of sp³-hybridized carbons (Fsp3) is 0.538. The lowest BCUT2D eigenvalue weighted by atomic mass is 10.0. The number of aliphatic hydroxyl groups is 1. The topological polar surface area (TPSA) is 23.5 Å². The molecule has 0 saturated carbocycles. The van der Waals surface area contributed by atoms with Crippen LogP contribution in [-0.2, 0) is 19.5 Å². The minimum Gasteiger partial charge on any atom is -0.396 e. The van der Waals surface area contributed by atoms with Crippen molar-refractivity contribution in [3.05, 3.63) is 34.9 Å². The van der Waals surface area contributed by atoms with E-state index in [0.29, 0.717) is 6.04 Å². The largest absolute Gasteiger partial charge is 0.396 e. The van der Waals surface area contributed by atoms with E-state index in [-0.39, 0.29) is 6.61 Å². The average molecular weight is 205 g/mol. The normalized spacial score (nSPS) is 16.0. The Morgan fingerprint density at radius 1 is 1.27 bits per heavy atom. The van der Waals surface area contributed by atoms with Gasteiger partial charge in [0, 0.05) is 25.7 Å². The van der Waals surface area contributed by atoms with Gasteiger partial charge in [0.05, 0.1) is 0 Å². The van der Waals surface area contributed by atoms with Crippen LogP contribution >= 0.6 is 0 Å². The quantitative estimate of drug-likeness (QED) is 0.815. The lowest BCUT2D eigenvalue weighted by Crippen LogP contribution is -2.24. The molecule has 0 aliphatic carbocycles. The molecule has 0 aromatic heterocycles. The summed E-state index contributed by atoms with van der Waals surface area (Å²) in [6.07, 6.45) is 0.773. The van der Waals surface area contributed by atoms with Gasteiger partial charge in [0.1, 0.15) is 0 Å². The van der Waals surface area contributed by atoms with E-state index in [1.165, 1.54) is 16.7 Å². The van der Waals surface area contributed by atoms with Crippen molar-refractivity contribution in [1.29, 1.82) is 0 Å². The summed E-state index contributed by atoms with van der Waals surface area (Å²) in [7, 11) is 0. The molecule has 1 aromatic carbocycles. The second-order valence-corrected chi connectivity index (χ2v) is 4.58. The third-order valence-electron chi connectivity index (χ3n) is 3.15. The van der Waals surface area contributed by atoms with Crippen LogP contribution in [0.15, 0.2) is 18.2 Å². The molecule has 1 N–H and O–H groups in total. The van der Waals surface area contributed by atoms with Crippen LogP contribution in [0, 0.1) is 0 Å². The SMILES string of the molecule is CC(C)N1Cc2ccc(CCO)cc2C1. The second-order valence-electron chi connectivity index (χ2n) is 4.58. The first kappa shape index (κ1) is 10.7. The maximum absolute atomic E-state index is 8.90. The molecule has 15 heavy (non-hydrogen) atoms. The Morgan fingerprint density at radius 2 is 2.00 bits per heavy atom. The molecule has 0 bridgehead atoms. The van der Waals surface area contributed by atoms with Gasteiger partial charge in [0.25, 0.3) is 0 Å². The molecule has 1 heterocycles. The van der Waals surface area contributed by atoms with E-state index in [2.05, 4.69) is 36.9 Å². The number of fused-ring (bicyclic) bond motifs is 1. The summed E-state index contributed by atoms with van der Waals surface area (Å²) in [6, 6.07) is 7.20. The molecule has 0 saturated heterocycles. The van der Waals surface area contributed by atoms with E-state index >= 15 is 0 Å². The number of rotatable bonds is 3. The van der Waals surface area contributed by atoms with Gasteiger partial charge in [-0.25, -0.2) is 0 Å². The minimum atomic E-state index is 0.243. The van der Waals surface area contributed by atoms with Gasteiger partial charge < -0.3 is 5.11 Å². The Balaban J connectivity index is 2.16. The van der Waals surface area contributed by atoms with Crippen molar-refractivity contribution in [3.63, 3.8) is 0 Å². The first-order chi connectivity index (χ1) is 7.20. The number of hydrogen-bond acceptors (Lipinski definition) is 2. The van der Waals surface area contributed by atoms with Gasteiger partial charge in [0.15, 0.2) is 0 Å². The molecule has 2 rings (SSSR count). The Kier molecular flexibility index (Phi) is 3.08. The lowest BCUT2D eigenvalue weighted by Gasteiger charge is -2.18. The van der Waals surface area contributed by atoms with Gasteiger partial charge in [-0.05, 0) is 37.0 Å². The lowest BCUT2D eigenvalue weighted by molar-refractivity contribution is 0.227. The zero-order valence-corrected chi connectivity index (χ0v) is 9.53. The van der Waals surface area contributed by atoms with Gasteiger partial charge in [-0.2, -0.15) is 0 Å². The zero-order chi connectivity index (χ0) is 10.8. The number of hydrogen-bond donors (Lipinski definition) is 1. The molecule has 0 fully saturated rings. The van der Waals surface area contributed by atoms with Crippen LogP contribution in [-0.4, -0.2) is 22.7 Å². The highest BCUT2D eigenvalue weighted by Gasteiger charge is 2.20. The number of benzene rings is 1. The van der Waals surface area contributed by atoms with Crippen molar-refractivity contribution in [2.45, 2.75) is 39.4 Å². The predicted molar refractivity (Wildman–Crippen MR) is 61.6 cm³/mol. The summed E-state index contributed by atoms with van der Waals surface area (Å²) >= 11 is 0. The standard InChI is InChI=1S/C13H19NO/c1-10(2)14-8-12-4-3-11(5-6-15)7-13(12)9-14/h3-4,7,10,15H,5-6,8-9H2,1-2H3. The maximum atomic E-state index is 8.90. The van der Waals surface area contributed by atoms with Crippen molar-refractivity contribution in [1.82, 2.24) is 4.90 Å². The Bertz CT molecular complexity index is 346. The summed E-state index contributed by atoms with van der Waals surface area (Å²) < 4.78 is 0. The zero-order valence-electron chi connectivity index (χ0n) is 9.53. The van der Waals surface area contributed by atoms with Crippen molar-refractivity contribution in [3.8, 4) is 0 Å². The van der Waals surface area contributed by atoms with E-state index < -0.39 is 0 Å². The molecular formula is C13H19NO. The summed E-state index contributed by atoms with van der Waals surface area (Å²) in [5.41, 5.74) is 4.14. The average Bonchev–Trinajstić information content (AvgIpc) is 2.61. The highest BCUT2D eigenvalue weighted by atomic mass is 16.2. The minimum absolute atomic E-state index is 0.243. The van der Waals surface area contributed by atoms with E-state index in [1.807, 2.05) is 0 Å². The summed E-state index contributed by atoms with van der Waals surface area (Å²) in [5, 5.41) is 8.90. The fourth-order valence-electron chi connectivity index (χ4n) is 2.12. The highest BCUT2D eigenvalue weighted by molar-refractivity contribution is 5.35. The maximum Gasteiger partial charge on any atom is 0.0471 e. The predicted octanol–water partition coefficient (Wildman–Crippen LogP) is 1.95.